The highest BCUT2D eigenvalue weighted by Crippen LogP contribution is 2.25. The fourth-order valence-electron chi connectivity index (χ4n) is 3.15. The Hall–Kier alpha value is -3.07. The molecular formula is C21H25N3O3. The van der Waals surface area contributed by atoms with Gasteiger partial charge in [-0.05, 0) is 31.9 Å². The molecule has 1 heterocycles. The second kappa shape index (κ2) is 9.04. The van der Waals surface area contributed by atoms with Crippen LogP contribution in [-0.4, -0.2) is 41.5 Å². The molecule has 0 aliphatic heterocycles. The monoisotopic (exact) mass is 367 g/mol. The average Bonchev–Trinajstić information content (AvgIpc) is 2.90. The maximum atomic E-state index is 12.9. The first-order chi connectivity index (χ1) is 12.9. The number of ether oxygens (including phenoxy) is 1. The van der Waals surface area contributed by atoms with Crippen LogP contribution in [0.4, 0.5) is 0 Å². The van der Waals surface area contributed by atoms with Gasteiger partial charge in [0.25, 0.3) is 5.91 Å². The third kappa shape index (κ3) is 4.37. The van der Waals surface area contributed by atoms with Gasteiger partial charge < -0.3 is 14.2 Å². The molecule has 0 fully saturated rings. The van der Waals surface area contributed by atoms with Crippen molar-refractivity contribution in [3.63, 3.8) is 0 Å². The zero-order valence-corrected chi connectivity index (χ0v) is 16.3. The van der Waals surface area contributed by atoms with Gasteiger partial charge in [-0.1, -0.05) is 30.3 Å². The minimum atomic E-state index is -0.437. The number of nitriles is 1. The van der Waals surface area contributed by atoms with Crippen LogP contribution in [0, 0.1) is 25.2 Å². The number of carbonyl (C=O) groups excluding carboxylic acids is 2. The van der Waals surface area contributed by atoms with E-state index in [0.29, 0.717) is 35.6 Å². The molecule has 0 aliphatic carbocycles. The van der Waals surface area contributed by atoms with Crippen molar-refractivity contribution in [3.8, 4) is 6.07 Å². The summed E-state index contributed by atoms with van der Waals surface area (Å²) in [5, 5.41) is 8.77. The van der Waals surface area contributed by atoms with Crippen LogP contribution < -0.4 is 0 Å². The molecule has 6 nitrogen and oxygen atoms in total. The lowest BCUT2D eigenvalue weighted by Crippen LogP contribution is -2.28. The summed E-state index contributed by atoms with van der Waals surface area (Å²) in [5.41, 5.74) is 3.24. The number of esters is 1. The summed E-state index contributed by atoms with van der Waals surface area (Å²) < 4.78 is 7.07. The van der Waals surface area contributed by atoms with E-state index in [-0.39, 0.29) is 18.9 Å². The third-order valence-corrected chi connectivity index (χ3v) is 4.54. The first-order valence-electron chi connectivity index (χ1n) is 8.95. The second-order valence-corrected chi connectivity index (χ2v) is 6.36. The maximum Gasteiger partial charge on any atom is 0.355 e. The molecule has 0 unspecified atom stereocenters. The molecule has 1 aromatic heterocycles. The quantitative estimate of drug-likeness (QED) is 0.704. The number of hydrogen-bond acceptors (Lipinski definition) is 4. The molecule has 0 saturated carbocycles. The summed E-state index contributed by atoms with van der Waals surface area (Å²) in [5.74, 6) is -0.634. The highest BCUT2D eigenvalue weighted by molar-refractivity contribution is 6.01. The van der Waals surface area contributed by atoms with Crippen LogP contribution in [0.2, 0.25) is 0 Å². The Morgan fingerprint density at radius 3 is 2.48 bits per heavy atom. The van der Waals surface area contributed by atoms with E-state index < -0.39 is 5.97 Å². The highest BCUT2D eigenvalue weighted by atomic mass is 16.5. The molecule has 0 atom stereocenters. The number of benzene rings is 1. The van der Waals surface area contributed by atoms with E-state index in [2.05, 4.69) is 0 Å². The summed E-state index contributed by atoms with van der Waals surface area (Å²) in [6.07, 6.45) is 0.260. The van der Waals surface area contributed by atoms with Crippen molar-refractivity contribution in [1.29, 1.82) is 5.26 Å². The summed E-state index contributed by atoms with van der Waals surface area (Å²) in [6.45, 7) is 6.44. The Bertz CT molecular complexity index is 863. The van der Waals surface area contributed by atoms with Gasteiger partial charge in [0.1, 0.15) is 5.69 Å². The summed E-state index contributed by atoms with van der Waals surface area (Å²) in [7, 11) is 1.66. The van der Waals surface area contributed by atoms with Gasteiger partial charge in [0.05, 0.1) is 24.7 Å². The van der Waals surface area contributed by atoms with Gasteiger partial charge in [-0.25, -0.2) is 4.79 Å². The van der Waals surface area contributed by atoms with Gasteiger partial charge in [-0.3, -0.25) is 4.79 Å². The molecular weight excluding hydrogens is 342 g/mol. The van der Waals surface area contributed by atoms with Gasteiger partial charge in [0.15, 0.2) is 0 Å². The molecule has 6 heteroatoms. The molecule has 27 heavy (non-hydrogen) atoms. The van der Waals surface area contributed by atoms with E-state index >= 15 is 0 Å². The fourth-order valence-corrected chi connectivity index (χ4v) is 3.15. The van der Waals surface area contributed by atoms with Crippen LogP contribution in [0.25, 0.3) is 0 Å². The number of carbonyl (C=O) groups is 2. The van der Waals surface area contributed by atoms with Crippen molar-refractivity contribution in [2.75, 3.05) is 20.2 Å². The molecule has 0 saturated heterocycles. The predicted octanol–water partition coefficient (Wildman–Crippen LogP) is 3.32. The molecule has 0 bridgehead atoms. The molecule has 0 aliphatic rings. The predicted molar refractivity (Wildman–Crippen MR) is 103 cm³/mol. The van der Waals surface area contributed by atoms with Crippen LogP contribution >= 0.6 is 0 Å². The lowest BCUT2D eigenvalue weighted by molar-refractivity contribution is 0.0513. The van der Waals surface area contributed by atoms with Crippen molar-refractivity contribution < 1.29 is 14.3 Å². The van der Waals surface area contributed by atoms with E-state index in [0.717, 1.165) is 5.56 Å². The zero-order valence-electron chi connectivity index (χ0n) is 16.3. The van der Waals surface area contributed by atoms with Gasteiger partial charge in [0.2, 0.25) is 0 Å². The molecule has 2 aromatic rings. The van der Waals surface area contributed by atoms with Crippen LogP contribution in [0.1, 0.15) is 51.0 Å². The van der Waals surface area contributed by atoms with Gasteiger partial charge in [0, 0.05) is 25.8 Å². The van der Waals surface area contributed by atoms with Crippen LogP contribution in [0.5, 0.6) is 0 Å². The van der Waals surface area contributed by atoms with Crippen LogP contribution in [0.3, 0.4) is 0 Å². The van der Waals surface area contributed by atoms with Crippen molar-refractivity contribution in [1.82, 2.24) is 9.47 Å². The highest BCUT2D eigenvalue weighted by Gasteiger charge is 2.28. The molecule has 142 valence electrons. The molecule has 1 amide bonds. The summed E-state index contributed by atoms with van der Waals surface area (Å²) in [4.78, 5) is 27.1. The standard InChI is InChI=1S/C21H25N3O3/c1-5-27-21(26)19-15(2)18(20(25)23(4)13-9-12-22)16(3)24(19)14-17-10-7-6-8-11-17/h6-8,10-11H,5,9,13-14H2,1-4H3. The SMILES string of the molecule is CCOC(=O)c1c(C)c(C(=O)N(C)CCC#N)c(C)n1Cc1ccccc1. The number of nitrogens with zero attached hydrogens (tertiary/aromatic N) is 3. The minimum absolute atomic E-state index is 0.197. The van der Waals surface area contributed by atoms with E-state index in [9.17, 15) is 9.59 Å². The third-order valence-electron chi connectivity index (χ3n) is 4.54. The second-order valence-electron chi connectivity index (χ2n) is 6.36. The van der Waals surface area contributed by atoms with Crippen molar-refractivity contribution >= 4 is 11.9 Å². The minimum Gasteiger partial charge on any atom is -0.461 e. The van der Waals surface area contributed by atoms with E-state index in [1.165, 1.54) is 4.90 Å². The molecule has 2 rings (SSSR count). The molecule has 1 aromatic carbocycles. The number of hydrogen-bond donors (Lipinski definition) is 0. The molecule has 0 N–H and O–H groups in total. The molecule has 0 spiro atoms. The van der Waals surface area contributed by atoms with Crippen LogP contribution in [0.15, 0.2) is 30.3 Å². The van der Waals surface area contributed by atoms with Crippen molar-refractivity contribution in [2.24, 2.45) is 0 Å². The lowest BCUT2D eigenvalue weighted by Gasteiger charge is -2.16. The van der Waals surface area contributed by atoms with Gasteiger partial charge in [-0.2, -0.15) is 5.26 Å². The smallest absolute Gasteiger partial charge is 0.355 e. The Kier molecular flexibility index (Phi) is 6.78. The van der Waals surface area contributed by atoms with E-state index in [4.69, 9.17) is 10.00 Å². The van der Waals surface area contributed by atoms with Crippen molar-refractivity contribution in [3.05, 3.63) is 58.4 Å². The van der Waals surface area contributed by atoms with Crippen molar-refractivity contribution in [2.45, 2.75) is 33.7 Å². The first kappa shape index (κ1) is 20.2. The lowest BCUT2D eigenvalue weighted by atomic mass is 10.1. The molecule has 0 radical (unpaired) electrons. The largest absolute Gasteiger partial charge is 0.461 e. The number of aromatic nitrogens is 1. The maximum absolute atomic E-state index is 12.9. The van der Waals surface area contributed by atoms with E-state index in [1.54, 1.807) is 20.9 Å². The number of rotatable bonds is 7. The van der Waals surface area contributed by atoms with Gasteiger partial charge in [-0.15, -0.1) is 0 Å². The van der Waals surface area contributed by atoms with E-state index in [1.807, 2.05) is 47.9 Å². The summed E-state index contributed by atoms with van der Waals surface area (Å²) in [6, 6.07) is 11.8. The Morgan fingerprint density at radius 2 is 1.89 bits per heavy atom. The summed E-state index contributed by atoms with van der Waals surface area (Å²) >= 11 is 0. The normalized spacial score (nSPS) is 10.3. The topological polar surface area (TPSA) is 75.3 Å². The van der Waals surface area contributed by atoms with Gasteiger partial charge >= 0.3 is 5.97 Å². The van der Waals surface area contributed by atoms with Crippen LogP contribution in [-0.2, 0) is 11.3 Å². The Balaban J connectivity index is 2.52. The fraction of sp³-hybridized carbons (Fsp3) is 0.381. The number of amides is 1. The first-order valence-corrected chi connectivity index (χ1v) is 8.95. The Labute approximate surface area is 160 Å². The average molecular weight is 367 g/mol. The Morgan fingerprint density at radius 1 is 1.22 bits per heavy atom. The zero-order chi connectivity index (χ0) is 20.0.